The summed E-state index contributed by atoms with van der Waals surface area (Å²) in [7, 11) is 0. The van der Waals surface area contributed by atoms with Crippen LogP contribution in [0.3, 0.4) is 0 Å². The minimum Gasteiger partial charge on any atom is -0.220 e. The number of halogens is 12. The maximum absolute atomic E-state index is 11.2. The molecule has 0 saturated carbocycles. The lowest BCUT2D eigenvalue weighted by molar-refractivity contribution is -0.156. The molecule has 0 aliphatic carbocycles. The van der Waals surface area contributed by atoms with Crippen LogP contribution in [0.15, 0.2) is 0 Å². The average molecular weight is 372 g/mol. The van der Waals surface area contributed by atoms with Crippen molar-refractivity contribution in [2.24, 2.45) is 0 Å². The summed E-state index contributed by atoms with van der Waals surface area (Å²) in [5.74, 6) is -1.26. The van der Waals surface area contributed by atoms with Gasteiger partial charge in [0.25, 0.3) is 10.2 Å². The molecule has 0 aromatic carbocycles. The Bertz CT molecular complexity index is 187. The van der Waals surface area contributed by atoms with Crippen LogP contribution in [0.2, 0.25) is 0 Å². The second-order valence-electron chi connectivity index (χ2n) is 2.37. The van der Waals surface area contributed by atoms with Gasteiger partial charge in [-0.05, 0) is 6.92 Å². The second-order valence-corrected chi connectivity index (χ2v) is 4.64. The van der Waals surface area contributed by atoms with E-state index >= 15 is 0 Å². The molecule has 0 radical (unpaired) electrons. The Balaban J connectivity index is -0.000000190. The van der Waals surface area contributed by atoms with Crippen molar-refractivity contribution in [3.63, 3.8) is 0 Å². The Hall–Kier alpha value is 0.600. The highest BCUT2D eigenvalue weighted by Crippen LogP contribution is 2.25. The van der Waals surface area contributed by atoms with Gasteiger partial charge >= 0.3 is 12.4 Å². The fourth-order valence-electron chi connectivity index (χ4n) is 0. The maximum Gasteiger partial charge on any atom is 0.433 e. The molecule has 0 bridgehead atoms. The van der Waals surface area contributed by atoms with Gasteiger partial charge in [0, 0.05) is 0 Å². The molecular weight excluding hydrogens is 366 g/mol. The Kier molecular flexibility index (Phi) is 12.5. The number of hydrogen-bond acceptors (Lipinski definition) is 0. The minimum atomic E-state index is -4.90. The van der Waals surface area contributed by atoms with Crippen LogP contribution in [-0.2, 0) is 0 Å². The third-order valence-corrected chi connectivity index (χ3v) is 0.949. The first-order valence-corrected chi connectivity index (χ1v) is 5.27. The van der Waals surface area contributed by atoms with Crippen molar-refractivity contribution in [2.45, 2.75) is 29.5 Å². The smallest absolute Gasteiger partial charge is 0.220 e. The second kappa shape index (κ2) is 9.50. The molecule has 0 nitrogen and oxygen atoms in total. The van der Waals surface area contributed by atoms with Gasteiger partial charge in [0.05, 0.1) is 0 Å². The summed E-state index contributed by atoms with van der Waals surface area (Å²) in [6.45, 7) is 1.05. The van der Waals surface area contributed by atoms with Crippen molar-refractivity contribution >= 4 is 46.4 Å². The highest BCUT2D eigenvalue weighted by molar-refractivity contribution is 6.46. The molecule has 0 saturated heterocycles. The Morgan fingerprint density at radius 2 is 1.06 bits per heavy atom. The van der Waals surface area contributed by atoms with E-state index in [9.17, 15) is 35.1 Å². The quantitative estimate of drug-likeness (QED) is 0.363. The lowest BCUT2D eigenvalue weighted by Crippen LogP contribution is -2.17. The minimum absolute atomic E-state index is 1.05. The Labute approximate surface area is 117 Å². The van der Waals surface area contributed by atoms with Gasteiger partial charge in [-0.25, -0.2) is 8.78 Å². The molecule has 1 atom stereocenters. The predicted molar refractivity (Wildman–Crippen MR) is 54.8 cm³/mol. The number of hydrogen-bond donors (Lipinski definition) is 0. The number of rotatable bonds is 0. The third-order valence-electron chi connectivity index (χ3n) is 0.399. The zero-order valence-corrected chi connectivity index (χ0v) is 11.3. The molecule has 0 aliphatic rings. The van der Waals surface area contributed by atoms with E-state index in [0.717, 1.165) is 6.92 Å². The van der Waals surface area contributed by atoms with E-state index in [2.05, 4.69) is 46.4 Å². The van der Waals surface area contributed by atoms with Crippen LogP contribution in [0.1, 0.15) is 6.92 Å². The van der Waals surface area contributed by atoms with Crippen molar-refractivity contribution in [3.05, 3.63) is 0 Å². The number of alkyl halides is 12. The van der Waals surface area contributed by atoms with Gasteiger partial charge in [-0.3, -0.25) is 0 Å². The fourth-order valence-corrected chi connectivity index (χ4v) is 0. The van der Waals surface area contributed by atoms with Crippen molar-refractivity contribution in [1.29, 1.82) is 0 Å². The van der Waals surface area contributed by atoms with E-state index in [0.29, 0.717) is 0 Å². The topological polar surface area (TPSA) is 0 Å². The van der Waals surface area contributed by atoms with Crippen LogP contribution >= 0.6 is 46.4 Å². The first-order chi connectivity index (χ1) is 7.50. The maximum atomic E-state index is 11.2. The van der Waals surface area contributed by atoms with Crippen molar-refractivity contribution in [2.75, 3.05) is 5.88 Å². The van der Waals surface area contributed by atoms with Gasteiger partial charge in [-0.15, -0.1) is 11.6 Å². The molecule has 0 spiro atoms. The summed E-state index contributed by atoms with van der Waals surface area (Å²) in [6.07, 6.45) is -9.09. The SMILES string of the molecule is CC(F)(Cl)Cl.FC(Cl)C(F)(F)F.FC(F)(F)CCl. The molecule has 0 aromatic rings. The molecule has 0 rings (SSSR count). The summed E-state index contributed by atoms with van der Waals surface area (Å²) in [5.41, 5.74) is -3.23. The zero-order chi connectivity index (χ0) is 15.8. The zero-order valence-electron chi connectivity index (χ0n) is 8.32. The van der Waals surface area contributed by atoms with E-state index in [4.69, 9.17) is 0 Å². The standard InChI is InChI=1S/C2H3Cl2F.C2HClF4.C2H2ClF3/c1-2(3,4)5;3-1(4)2(5,6)7;3-1-2(4,5)6/h1H3;1H;1H2. The van der Waals surface area contributed by atoms with E-state index in [1.807, 2.05) is 0 Å². The summed E-state index contributed by atoms with van der Waals surface area (Å²) in [4.78, 5) is 0. The first kappa shape index (κ1) is 23.7. The van der Waals surface area contributed by atoms with Crippen LogP contribution in [-0.4, -0.2) is 28.5 Å². The van der Waals surface area contributed by atoms with E-state index < -0.39 is 28.5 Å². The predicted octanol–water partition coefficient (Wildman–Crippen LogP) is 5.98. The van der Waals surface area contributed by atoms with Crippen LogP contribution in [0.25, 0.3) is 0 Å². The van der Waals surface area contributed by atoms with Crippen LogP contribution in [0.5, 0.6) is 0 Å². The molecule has 0 aliphatic heterocycles. The van der Waals surface area contributed by atoms with Gasteiger partial charge in [0.15, 0.2) is 0 Å². The van der Waals surface area contributed by atoms with Crippen molar-refractivity contribution in [3.8, 4) is 0 Å². The molecule has 0 fully saturated rings. The molecule has 0 heterocycles. The monoisotopic (exact) mass is 370 g/mol. The van der Waals surface area contributed by atoms with Crippen LogP contribution in [0.4, 0.5) is 35.1 Å². The summed E-state index contributed by atoms with van der Waals surface area (Å²) in [6, 6.07) is 0. The molecule has 18 heavy (non-hydrogen) atoms. The molecule has 1 unspecified atom stereocenters. The van der Waals surface area contributed by atoms with Crippen LogP contribution in [0, 0.1) is 0 Å². The largest absolute Gasteiger partial charge is 0.433 e. The van der Waals surface area contributed by atoms with Gasteiger partial charge in [-0.1, -0.05) is 34.8 Å². The Morgan fingerprint density at radius 3 is 1.06 bits per heavy atom. The van der Waals surface area contributed by atoms with E-state index in [-0.39, 0.29) is 0 Å². The van der Waals surface area contributed by atoms with Crippen LogP contribution < -0.4 is 0 Å². The van der Waals surface area contributed by atoms with Crippen molar-refractivity contribution in [1.82, 2.24) is 0 Å². The summed E-state index contributed by atoms with van der Waals surface area (Å²) in [5, 5.41) is 0. The van der Waals surface area contributed by atoms with Gasteiger partial charge < -0.3 is 0 Å². The summed E-state index contributed by atoms with van der Waals surface area (Å²) < 4.78 is 84.0. The normalized spacial score (nSPS) is 13.8. The average Bonchev–Trinajstić information content (AvgIpc) is 1.98. The fraction of sp³-hybridized carbons (Fsp3) is 1.00. The van der Waals surface area contributed by atoms with E-state index in [1.165, 1.54) is 0 Å². The Morgan fingerprint density at radius 1 is 0.944 bits per heavy atom. The highest BCUT2D eigenvalue weighted by Gasteiger charge is 2.38. The summed E-state index contributed by atoms with van der Waals surface area (Å²) >= 11 is 17.6. The lowest BCUT2D eigenvalue weighted by atomic mass is 10.7. The van der Waals surface area contributed by atoms with Gasteiger partial charge in [0.1, 0.15) is 5.88 Å². The molecule has 12 heteroatoms. The lowest BCUT2D eigenvalue weighted by Gasteiger charge is -2.01. The molecular formula is C6H6Cl4F8. The third kappa shape index (κ3) is 43.8. The molecule has 0 N–H and O–H groups in total. The van der Waals surface area contributed by atoms with Gasteiger partial charge in [0.2, 0.25) is 0 Å². The molecule has 0 aromatic heterocycles. The van der Waals surface area contributed by atoms with Gasteiger partial charge in [-0.2, -0.15) is 26.3 Å². The van der Waals surface area contributed by atoms with Crippen molar-refractivity contribution < 1.29 is 35.1 Å². The molecule has 114 valence electrons. The molecule has 0 amide bonds. The first-order valence-electron chi connectivity index (χ1n) is 3.55. The van der Waals surface area contributed by atoms with E-state index in [1.54, 1.807) is 0 Å². The highest BCUT2D eigenvalue weighted by atomic mass is 35.5.